The van der Waals surface area contributed by atoms with E-state index < -0.39 is 23.3 Å². The Morgan fingerprint density at radius 2 is 2.02 bits per heavy atom. The molecule has 4 fully saturated rings. The van der Waals surface area contributed by atoms with Crippen molar-refractivity contribution in [2.24, 2.45) is 5.92 Å². The van der Waals surface area contributed by atoms with Crippen molar-refractivity contribution < 1.29 is 17.9 Å². The van der Waals surface area contributed by atoms with E-state index in [4.69, 9.17) is 31.8 Å². The zero-order valence-electron chi connectivity index (χ0n) is 26.2. The smallest absolute Gasteiger partial charge is 0.319 e. The third-order valence-electron chi connectivity index (χ3n) is 11.4. The van der Waals surface area contributed by atoms with Crippen LogP contribution in [0, 0.1) is 29.9 Å². The molecule has 3 N–H and O–H groups in total. The largest absolute Gasteiger partial charge is 0.461 e. The van der Waals surface area contributed by atoms with Crippen molar-refractivity contribution >= 4 is 33.2 Å². The van der Waals surface area contributed by atoms with Gasteiger partial charge in [-0.15, -0.1) is 6.42 Å². The van der Waals surface area contributed by atoms with Gasteiger partial charge in [-0.3, -0.25) is 4.90 Å². The van der Waals surface area contributed by atoms with Gasteiger partial charge >= 0.3 is 6.01 Å². The van der Waals surface area contributed by atoms with Crippen LogP contribution in [0.15, 0.2) is 24.3 Å². The lowest BCUT2D eigenvalue weighted by Crippen LogP contribution is -2.60. The van der Waals surface area contributed by atoms with Crippen molar-refractivity contribution in [1.29, 1.82) is 0 Å². The van der Waals surface area contributed by atoms with Gasteiger partial charge in [0, 0.05) is 54.3 Å². The molecule has 0 amide bonds. The van der Waals surface area contributed by atoms with Crippen molar-refractivity contribution in [1.82, 2.24) is 25.2 Å². The quantitative estimate of drug-likeness (QED) is 0.234. The van der Waals surface area contributed by atoms with Crippen molar-refractivity contribution in [3.05, 3.63) is 47.2 Å². The van der Waals surface area contributed by atoms with Gasteiger partial charge in [0.15, 0.2) is 5.82 Å². The summed E-state index contributed by atoms with van der Waals surface area (Å²) in [5, 5.41) is 5.31. The number of alkyl halides is 1. The fourth-order valence-electron chi connectivity index (χ4n) is 9.44. The molecule has 2 aromatic carbocycles. The number of benzene rings is 2. The molecule has 5 aliphatic heterocycles. The van der Waals surface area contributed by atoms with E-state index in [1.165, 1.54) is 6.07 Å². The molecule has 11 heteroatoms. The second-order valence-corrected chi connectivity index (χ2v) is 14.2. The Kier molecular flexibility index (Phi) is 6.44. The van der Waals surface area contributed by atoms with Gasteiger partial charge in [0.2, 0.25) is 0 Å². The minimum absolute atomic E-state index is 0.00541. The summed E-state index contributed by atoms with van der Waals surface area (Å²) >= 11 is 0. The highest BCUT2D eigenvalue weighted by molar-refractivity contribution is 6.04. The number of hydrogen-bond donors (Lipinski definition) is 2. The summed E-state index contributed by atoms with van der Waals surface area (Å²) in [5.41, 5.74) is 7.36. The fraction of sp³-hybridized carbons (Fsp3) is 0.472. The molecule has 2 bridgehead atoms. The fourth-order valence-corrected chi connectivity index (χ4v) is 9.44. The highest BCUT2D eigenvalue weighted by Crippen LogP contribution is 2.45. The molecule has 8 nitrogen and oxygen atoms in total. The maximum absolute atomic E-state index is 17.2. The van der Waals surface area contributed by atoms with E-state index in [2.05, 4.69) is 28.0 Å². The van der Waals surface area contributed by atoms with Gasteiger partial charge < -0.3 is 20.7 Å². The third kappa shape index (κ3) is 4.34. The number of nitrogens with two attached hydrogens (primary N) is 1. The van der Waals surface area contributed by atoms with Crippen LogP contribution in [0.5, 0.6) is 6.01 Å². The number of fused-ring (bicyclic) bond motifs is 7. The number of nitrogens with zero attached hydrogens (tertiary/aromatic N) is 5. The van der Waals surface area contributed by atoms with Crippen molar-refractivity contribution in [2.45, 2.75) is 75.3 Å². The standard InChI is InChI=1S/C36H36F3N7O/c1-3-23-25(38)7-5-19-12-21(40)13-24(28(19)23)31-30(39)32-29-27(42-31)11-18(2)33-26-8-6-22(41-26)16-46(33)34(29)44-35(43-32)47-17-36-9-4-10-45(36)15-20(37)14-36/h1,5,7,12-13,18,20,22,26,33,41H,4,6,8-11,14-17,40H2,2H3/t18-,20+,22+,26?,33-,36-/m0/s1. The van der Waals surface area contributed by atoms with Crippen molar-refractivity contribution in [3.63, 3.8) is 0 Å². The van der Waals surface area contributed by atoms with Crippen LogP contribution in [0.4, 0.5) is 24.7 Å². The number of nitrogen functional groups attached to an aromatic ring is 1. The summed E-state index contributed by atoms with van der Waals surface area (Å²) in [7, 11) is 0. The van der Waals surface area contributed by atoms with Crippen molar-refractivity contribution in [3.8, 4) is 29.6 Å². The molecule has 242 valence electrons. The predicted molar refractivity (Wildman–Crippen MR) is 175 cm³/mol. The second-order valence-electron chi connectivity index (χ2n) is 14.2. The first-order valence-electron chi connectivity index (χ1n) is 16.7. The summed E-state index contributed by atoms with van der Waals surface area (Å²) < 4.78 is 53.2. The van der Waals surface area contributed by atoms with Gasteiger partial charge in [0.05, 0.1) is 22.2 Å². The molecule has 6 atom stereocenters. The lowest BCUT2D eigenvalue weighted by molar-refractivity contribution is 0.107. The predicted octanol–water partition coefficient (Wildman–Crippen LogP) is 5.14. The van der Waals surface area contributed by atoms with Crippen LogP contribution in [-0.2, 0) is 6.42 Å². The first kappa shape index (κ1) is 29.0. The summed E-state index contributed by atoms with van der Waals surface area (Å²) in [6.07, 6.45) is 9.78. The number of nitrogens with one attached hydrogen (secondary N) is 1. The van der Waals surface area contributed by atoms with Gasteiger partial charge in [0.1, 0.15) is 35.6 Å². The highest BCUT2D eigenvalue weighted by atomic mass is 19.1. The minimum Gasteiger partial charge on any atom is -0.461 e. The lowest BCUT2D eigenvalue weighted by Gasteiger charge is -2.43. The van der Waals surface area contributed by atoms with Crippen LogP contribution in [0.2, 0.25) is 0 Å². The van der Waals surface area contributed by atoms with Crippen LogP contribution >= 0.6 is 0 Å². The first-order chi connectivity index (χ1) is 22.7. The normalized spacial score (nSPS) is 29.6. The van der Waals surface area contributed by atoms with E-state index in [-0.39, 0.29) is 47.4 Å². The van der Waals surface area contributed by atoms with E-state index in [1.54, 1.807) is 18.2 Å². The summed E-state index contributed by atoms with van der Waals surface area (Å²) in [5.74, 6) is 1.97. The number of halogens is 3. The Morgan fingerprint density at radius 1 is 1.15 bits per heavy atom. The maximum Gasteiger partial charge on any atom is 0.319 e. The molecule has 5 aliphatic rings. The number of ether oxygens (including phenoxy) is 1. The zero-order chi connectivity index (χ0) is 32.2. The molecule has 0 saturated carbocycles. The summed E-state index contributed by atoms with van der Waals surface area (Å²) in [4.78, 5) is 19.2. The van der Waals surface area contributed by atoms with E-state index in [9.17, 15) is 4.39 Å². The number of terminal acetylenes is 1. The van der Waals surface area contributed by atoms with Gasteiger partial charge in [-0.1, -0.05) is 18.9 Å². The number of piperazine rings is 1. The van der Waals surface area contributed by atoms with Crippen LogP contribution in [0.3, 0.4) is 0 Å². The molecule has 4 saturated heterocycles. The number of hydrogen-bond acceptors (Lipinski definition) is 8. The molecule has 2 aromatic heterocycles. The van der Waals surface area contributed by atoms with E-state index in [0.717, 1.165) is 38.8 Å². The number of rotatable bonds is 4. The Bertz CT molecular complexity index is 2020. The lowest BCUT2D eigenvalue weighted by atomic mass is 9.89. The Labute approximate surface area is 270 Å². The molecule has 47 heavy (non-hydrogen) atoms. The van der Waals surface area contributed by atoms with E-state index in [1.807, 2.05) is 0 Å². The molecule has 9 rings (SSSR count). The monoisotopic (exact) mass is 639 g/mol. The molecule has 7 heterocycles. The van der Waals surface area contributed by atoms with E-state index in [0.29, 0.717) is 64.3 Å². The number of aromatic nitrogens is 3. The molecule has 1 unspecified atom stereocenters. The molecule has 0 radical (unpaired) electrons. The highest BCUT2D eigenvalue weighted by Gasteiger charge is 2.50. The average molecular weight is 640 g/mol. The van der Waals surface area contributed by atoms with Gasteiger partial charge in [-0.25, -0.2) is 18.2 Å². The van der Waals surface area contributed by atoms with Crippen LogP contribution in [0.1, 0.15) is 50.3 Å². The second kappa shape index (κ2) is 10.4. The first-order valence-corrected chi connectivity index (χ1v) is 16.7. The van der Waals surface area contributed by atoms with Gasteiger partial charge in [-0.05, 0) is 68.2 Å². The summed E-state index contributed by atoms with van der Waals surface area (Å²) in [6, 6.07) is 6.91. The maximum atomic E-state index is 17.2. The average Bonchev–Trinajstić information content (AvgIpc) is 3.69. The Morgan fingerprint density at radius 3 is 2.87 bits per heavy atom. The zero-order valence-corrected chi connectivity index (χ0v) is 26.2. The minimum atomic E-state index is -0.904. The van der Waals surface area contributed by atoms with Crippen LogP contribution in [-0.4, -0.2) is 75.9 Å². The molecule has 0 spiro atoms. The Balaban J connectivity index is 1.26. The van der Waals surface area contributed by atoms with Crippen molar-refractivity contribution in [2.75, 3.05) is 36.9 Å². The van der Waals surface area contributed by atoms with Crippen LogP contribution < -0.4 is 20.7 Å². The SMILES string of the molecule is C#Cc1c(F)ccc2cc(N)cc(-c3nc4c5c(nc(OC[C@@]67CCCN6C[C@H](F)C7)nc5c3F)N3C[C@H]5CCC(N5)[C@@H]3[C@@H](C)C4)c12. The molecule has 4 aromatic rings. The molecular formula is C36H36F3N7O. The van der Waals surface area contributed by atoms with E-state index >= 15 is 8.78 Å². The number of pyridine rings is 1. The van der Waals surface area contributed by atoms with Gasteiger partial charge in [0.25, 0.3) is 0 Å². The topological polar surface area (TPSA) is 92.4 Å². The number of anilines is 2. The van der Waals surface area contributed by atoms with Crippen LogP contribution in [0.25, 0.3) is 32.9 Å². The Hall–Kier alpha value is -4.14. The molecule has 0 aliphatic carbocycles. The third-order valence-corrected chi connectivity index (χ3v) is 11.4. The van der Waals surface area contributed by atoms with Gasteiger partial charge in [-0.2, -0.15) is 9.97 Å². The summed E-state index contributed by atoms with van der Waals surface area (Å²) in [6.45, 7) is 4.39. The molecular weight excluding hydrogens is 603 g/mol.